The molecule has 0 unspecified atom stereocenters. The molecule has 1 aromatic carbocycles. The number of aryl methyl sites for hydroxylation is 1. The molecule has 0 saturated carbocycles. The molecular weight excluding hydrogens is 268 g/mol. The lowest BCUT2D eigenvalue weighted by molar-refractivity contribution is -0.0589. The molecule has 3 rings (SSSR count). The van der Waals surface area contributed by atoms with E-state index in [4.69, 9.17) is 4.74 Å². The summed E-state index contributed by atoms with van der Waals surface area (Å²) in [5, 5.41) is 8.05. The van der Waals surface area contributed by atoms with E-state index in [1.54, 1.807) is 4.90 Å². The lowest BCUT2D eigenvalue weighted by atomic mass is 10.2. The van der Waals surface area contributed by atoms with Crippen molar-refractivity contribution in [1.82, 2.24) is 20.1 Å². The van der Waals surface area contributed by atoms with Gasteiger partial charge < -0.3 is 9.64 Å². The first-order chi connectivity index (χ1) is 10.0. The van der Waals surface area contributed by atoms with Crippen molar-refractivity contribution < 1.29 is 9.53 Å². The normalized spacial score (nSPS) is 22.5. The van der Waals surface area contributed by atoms with E-state index in [2.05, 4.69) is 15.2 Å². The van der Waals surface area contributed by atoms with E-state index in [1.165, 1.54) is 0 Å². The number of nitrogens with zero attached hydrogens (tertiary/aromatic N) is 4. The molecule has 1 aliphatic heterocycles. The molecule has 6 heteroatoms. The summed E-state index contributed by atoms with van der Waals surface area (Å²) >= 11 is 0. The summed E-state index contributed by atoms with van der Waals surface area (Å²) in [6.45, 7) is 7.00. The summed E-state index contributed by atoms with van der Waals surface area (Å²) in [7, 11) is 0. The van der Waals surface area contributed by atoms with Crippen molar-refractivity contribution >= 4 is 16.9 Å². The number of ether oxygens (including phenoxy) is 1. The molecule has 0 aliphatic carbocycles. The first kappa shape index (κ1) is 13.9. The molecule has 1 amide bonds. The van der Waals surface area contributed by atoms with Gasteiger partial charge in [-0.2, -0.15) is 0 Å². The molecule has 0 radical (unpaired) electrons. The van der Waals surface area contributed by atoms with Gasteiger partial charge in [0.05, 0.1) is 17.7 Å². The van der Waals surface area contributed by atoms with Crippen LogP contribution in [0.25, 0.3) is 11.0 Å². The van der Waals surface area contributed by atoms with Crippen molar-refractivity contribution in [2.24, 2.45) is 0 Å². The Balaban J connectivity index is 1.90. The zero-order valence-corrected chi connectivity index (χ0v) is 12.4. The zero-order valence-electron chi connectivity index (χ0n) is 12.4. The summed E-state index contributed by atoms with van der Waals surface area (Å²) in [4.78, 5) is 18.6. The second kappa shape index (κ2) is 5.37. The Hall–Kier alpha value is -2.08. The van der Waals surface area contributed by atoms with Crippen molar-refractivity contribution in [3.05, 3.63) is 29.6 Å². The van der Waals surface area contributed by atoms with Crippen LogP contribution in [0.4, 0.5) is 0 Å². The third-order valence-electron chi connectivity index (χ3n) is 3.51. The minimum atomic E-state index is -0.187. The highest BCUT2D eigenvalue weighted by molar-refractivity contribution is 5.92. The molecule has 110 valence electrons. The molecule has 0 N–H and O–H groups in total. The van der Waals surface area contributed by atoms with Gasteiger partial charge in [-0.25, -0.2) is 4.98 Å². The highest BCUT2D eigenvalue weighted by Crippen LogP contribution is 2.14. The van der Waals surface area contributed by atoms with Crippen LogP contribution in [0, 0.1) is 6.92 Å². The quantitative estimate of drug-likeness (QED) is 0.796. The summed E-state index contributed by atoms with van der Waals surface area (Å²) in [5.41, 5.74) is 2.47. The van der Waals surface area contributed by atoms with E-state index in [0.717, 1.165) is 5.56 Å². The van der Waals surface area contributed by atoms with Crippen molar-refractivity contribution in [3.63, 3.8) is 0 Å². The summed E-state index contributed by atoms with van der Waals surface area (Å²) in [6, 6.07) is 5.72. The Labute approximate surface area is 123 Å². The highest BCUT2D eigenvalue weighted by Gasteiger charge is 2.28. The van der Waals surface area contributed by atoms with Crippen molar-refractivity contribution in [2.75, 3.05) is 13.1 Å². The van der Waals surface area contributed by atoms with Crippen LogP contribution < -0.4 is 0 Å². The maximum atomic E-state index is 12.5. The first-order valence-corrected chi connectivity index (χ1v) is 7.09. The molecular formula is C15H18N4O2. The Morgan fingerprint density at radius 1 is 1.19 bits per heavy atom. The van der Waals surface area contributed by atoms with E-state index < -0.39 is 0 Å². The fourth-order valence-electron chi connectivity index (χ4n) is 2.62. The van der Waals surface area contributed by atoms with Gasteiger partial charge in [0.1, 0.15) is 5.52 Å². The van der Waals surface area contributed by atoms with E-state index in [-0.39, 0.29) is 23.9 Å². The third-order valence-corrected chi connectivity index (χ3v) is 3.51. The van der Waals surface area contributed by atoms with Gasteiger partial charge in [0.2, 0.25) is 5.82 Å². The van der Waals surface area contributed by atoms with Gasteiger partial charge in [0, 0.05) is 13.1 Å². The third kappa shape index (κ3) is 2.85. The molecule has 1 saturated heterocycles. The SMILES string of the molecule is Cc1ccc2nnc(C(=O)N3C[C@@H](C)O[C@H](C)C3)nc2c1. The number of fused-ring (bicyclic) bond motifs is 1. The number of carbonyl (C=O) groups is 1. The van der Waals surface area contributed by atoms with Gasteiger partial charge in [0.25, 0.3) is 5.91 Å². The second-order valence-corrected chi connectivity index (χ2v) is 5.60. The predicted octanol–water partition coefficient (Wildman–Crippen LogP) is 1.58. The Kier molecular flexibility index (Phi) is 3.55. The lowest BCUT2D eigenvalue weighted by Gasteiger charge is -2.34. The maximum Gasteiger partial charge on any atom is 0.293 e. The van der Waals surface area contributed by atoms with Crippen LogP contribution in [0.3, 0.4) is 0 Å². The Bertz CT molecular complexity index is 678. The number of hydrogen-bond acceptors (Lipinski definition) is 5. The fourth-order valence-corrected chi connectivity index (χ4v) is 2.62. The number of rotatable bonds is 1. The average molecular weight is 286 g/mol. The Morgan fingerprint density at radius 2 is 1.90 bits per heavy atom. The lowest BCUT2D eigenvalue weighted by Crippen LogP contribution is -2.48. The number of benzene rings is 1. The van der Waals surface area contributed by atoms with Gasteiger partial charge in [-0.05, 0) is 38.5 Å². The van der Waals surface area contributed by atoms with Crippen LogP contribution >= 0.6 is 0 Å². The van der Waals surface area contributed by atoms with E-state index >= 15 is 0 Å². The second-order valence-electron chi connectivity index (χ2n) is 5.60. The van der Waals surface area contributed by atoms with Gasteiger partial charge in [-0.3, -0.25) is 4.79 Å². The largest absolute Gasteiger partial charge is 0.372 e. The molecule has 1 aromatic heterocycles. The number of hydrogen-bond donors (Lipinski definition) is 0. The van der Waals surface area contributed by atoms with Crippen molar-refractivity contribution in [1.29, 1.82) is 0 Å². The van der Waals surface area contributed by atoms with E-state index in [9.17, 15) is 4.79 Å². The van der Waals surface area contributed by atoms with Crippen LogP contribution in [-0.2, 0) is 4.74 Å². The number of morpholine rings is 1. The van der Waals surface area contributed by atoms with Crippen molar-refractivity contribution in [3.8, 4) is 0 Å². The summed E-state index contributed by atoms with van der Waals surface area (Å²) in [6.07, 6.45) is 0.0433. The monoisotopic (exact) mass is 286 g/mol. The minimum Gasteiger partial charge on any atom is -0.372 e. The Morgan fingerprint density at radius 3 is 2.62 bits per heavy atom. The van der Waals surface area contributed by atoms with E-state index in [0.29, 0.717) is 24.1 Å². The highest BCUT2D eigenvalue weighted by atomic mass is 16.5. The first-order valence-electron chi connectivity index (χ1n) is 7.09. The topological polar surface area (TPSA) is 68.2 Å². The smallest absolute Gasteiger partial charge is 0.293 e. The fraction of sp³-hybridized carbons (Fsp3) is 0.467. The number of amides is 1. The van der Waals surface area contributed by atoms with Gasteiger partial charge in [-0.15, -0.1) is 10.2 Å². The predicted molar refractivity (Wildman–Crippen MR) is 78.0 cm³/mol. The van der Waals surface area contributed by atoms with Crippen LogP contribution in [0.15, 0.2) is 18.2 Å². The maximum absolute atomic E-state index is 12.5. The zero-order chi connectivity index (χ0) is 15.0. The van der Waals surface area contributed by atoms with Gasteiger partial charge >= 0.3 is 0 Å². The van der Waals surface area contributed by atoms with Crippen molar-refractivity contribution in [2.45, 2.75) is 33.0 Å². The number of carbonyl (C=O) groups excluding carboxylic acids is 1. The molecule has 0 spiro atoms. The average Bonchev–Trinajstić information content (AvgIpc) is 2.44. The molecule has 2 aromatic rings. The molecule has 21 heavy (non-hydrogen) atoms. The summed E-state index contributed by atoms with van der Waals surface area (Å²) in [5.74, 6) is -0.0395. The van der Waals surface area contributed by atoms with Crippen LogP contribution in [-0.4, -0.2) is 51.3 Å². The molecule has 2 atom stereocenters. The number of aromatic nitrogens is 3. The van der Waals surface area contributed by atoms with Crippen LogP contribution in [0.1, 0.15) is 30.0 Å². The van der Waals surface area contributed by atoms with E-state index in [1.807, 2.05) is 39.0 Å². The molecule has 0 bridgehead atoms. The molecule has 1 aliphatic rings. The standard InChI is InChI=1S/C15H18N4O2/c1-9-4-5-12-13(6-9)16-14(18-17-12)15(20)19-7-10(2)21-11(3)8-19/h4-6,10-11H,7-8H2,1-3H3/t10-,11-/m1/s1. The molecule has 6 nitrogen and oxygen atoms in total. The van der Waals surface area contributed by atoms with Crippen LogP contribution in [0.2, 0.25) is 0 Å². The molecule has 1 fully saturated rings. The summed E-state index contributed by atoms with van der Waals surface area (Å²) < 4.78 is 5.64. The van der Waals surface area contributed by atoms with Gasteiger partial charge in [-0.1, -0.05) is 6.07 Å². The van der Waals surface area contributed by atoms with Gasteiger partial charge in [0.15, 0.2) is 0 Å². The minimum absolute atomic E-state index is 0.0216. The molecule has 2 heterocycles. The van der Waals surface area contributed by atoms with Crippen LogP contribution in [0.5, 0.6) is 0 Å².